The topological polar surface area (TPSA) is 41.4 Å². The summed E-state index contributed by atoms with van der Waals surface area (Å²) in [6.45, 7) is 1.65. The van der Waals surface area contributed by atoms with Gasteiger partial charge < -0.3 is 19.1 Å². The van der Waals surface area contributed by atoms with Crippen molar-refractivity contribution in [1.82, 2.24) is 19.1 Å². The molecule has 0 aliphatic heterocycles. The molecule has 4 nitrogen and oxygen atoms in total. The van der Waals surface area contributed by atoms with Gasteiger partial charge in [-0.25, -0.2) is 0 Å². The molecule has 4 heteroatoms. The minimum atomic E-state index is -0.00745. The number of H-pyrrole nitrogens is 2. The molecule has 0 spiro atoms. The van der Waals surface area contributed by atoms with Crippen LogP contribution < -0.4 is 0 Å². The first-order valence-corrected chi connectivity index (χ1v) is 21.1. The molecule has 0 fully saturated rings. The lowest BCUT2D eigenvalue weighted by Gasteiger charge is -2.31. The molecule has 1 aliphatic rings. The Balaban J connectivity index is 1.05. The van der Waals surface area contributed by atoms with E-state index in [0.717, 1.165) is 13.1 Å². The summed E-state index contributed by atoms with van der Waals surface area (Å²) in [4.78, 5) is 8.12. The van der Waals surface area contributed by atoms with Crippen LogP contribution in [0.5, 0.6) is 0 Å². The van der Waals surface area contributed by atoms with Crippen molar-refractivity contribution in [2.75, 3.05) is 0 Å². The molecule has 0 radical (unpaired) electrons. The summed E-state index contributed by atoms with van der Waals surface area (Å²) in [6, 6.07) is 71.7. The van der Waals surface area contributed by atoms with Gasteiger partial charge in [0, 0.05) is 89.9 Å². The van der Waals surface area contributed by atoms with Gasteiger partial charge in [-0.05, 0) is 81.9 Å². The number of hydrogen-bond acceptors (Lipinski definition) is 0. The maximum Gasteiger partial charge on any atom is 0.0518 e. The molecule has 2 atom stereocenters. The number of aromatic amines is 2. The number of nitrogens with zero attached hydrogens (tertiary/aromatic N) is 2. The van der Waals surface area contributed by atoms with Crippen LogP contribution in [-0.2, 0) is 13.1 Å². The number of hydrogen-bond donors (Lipinski definition) is 2. The quantitative estimate of drug-likeness (QED) is 0.169. The van der Waals surface area contributed by atoms with E-state index in [1.165, 1.54) is 110 Å². The summed E-state index contributed by atoms with van der Waals surface area (Å²) in [5.41, 5.74) is 17.8. The fourth-order valence-electron chi connectivity index (χ4n) is 10.8. The molecule has 60 heavy (non-hydrogen) atoms. The summed E-state index contributed by atoms with van der Waals surface area (Å²) in [6.07, 6.45) is 0. The molecule has 13 rings (SSSR count). The van der Waals surface area contributed by atoms with E-state index in [9.17, 15) is 0 Å². The maximum absolute atomic E-state index is 4.06. The van der Waals surface area contributed by atoms with E-state index >= 15 is 0 Å². The number of para-hydroxylation sites is 4. The van der Waals surface area contributed by atoms with Crippen LogP contribution in [0.2, 0.25) is 0 Å². The zero-order valence-corrected chi connectivity index (χ0v) is 32.9. The molecule has 4 aromatic heterocycles. The lowest BCUT2D eigenvalue weighted by atomic mass is 9.72. The van der Waals surface area contributed by atoms with Crippen molar-refractivity contribution in [3.63, 3.8) is 0 Å². The SMILES string of the molecule is c1ccc(Cn2c3ccccc3c3cc(C4c5[nH]c6ccccc6c5C(c5ccc6c(c5)c5ccccc5n6Cc5ccccc5)c5[nH]c6ccccc6c54)ccc32)cc1. The van der Waals surface area contributed by atoms with Gasteiger partial charge in [0.1, 0.15) is 0 Å². The molecule has 1 aliphatic carbocycles. The standard InChI is InChI=1S/C56H40N4/c1-3-15-35(16-4-1)33-59-47-25-13-9-19-39(47)43-31-37(27-29-49(43)59)51-53-41-21-7-11-23-45(41)58-56(53)52(54-42-22-8-12-24-46(42)57-55(51)54)38-28-30-50-44(32-38)40-20-10-14-26-48(40)60(50)34-36-17-5-2-6-18-36/h1-32,51-52,57-58H,33-34H2. The van der Waals surface area contributed by atoms with E-state index < -0.39 is 0 Å². The van der Waals surface area contributed by atoms with E-state index in [1.54, 1.807) is 0 Å². The molecule has 2 unspecified atom stereocenters. The van der Waals surface area contributed by atoms with Gasteiger partial charge in [0.25, 0.3) is 0 Å². The molecule has 4 heterocycles. The van der Waals surface area contributed by atoms with E-state index in [-0.39, 0.29) is 11.8 Å². The summed E-state index contributed by atoms with van der Waals surface area (Å²) in [5.74, 6) is -0.0149. The fraction of sp³-hybridized carbons (Fsp3) is 0.0714. The van der Waals surface area contributed by atoms with Crippen molar-refractivity contribution in [3.8, 4) is 0 Å². The monoisotopic (exact) mass is 768 g/mol. The Morgan fingerprint density at radius 1 is 0.333 bits per heavy atom. The Morgan fingerprint density at radius 3 is 1.15 bits per heavy atom. The second kappa shape index (κ2) is 13.0. The number of benzene rings is 8. The zero-order valence-electron chi connectivity index (χ0n) is 32.9. The van der Waals surface area contributed by atoms with Crippen molar-refractivity contribution < 1.29 is 0 Å². The molecule has 0 saturated heterocycles. The zero-order chi connectivity index (χ0) is 39.3. The van der Waals surface area contributed by atoms with E-state index in [0.29, 0.717) is 0 Å². The second-order valence-electron chi connectivity index (χ2n) is 16.6. The lowest BCUT2D eigenvalue weighted by molar-refractivity contribution is 0.802. The van der Waals surface area contributed by atoms with Gasteiger partial charge in [-0.2, -0.15) is 0 Å². The largest absolute Gasteiger partial charge is 0.357 e. The summed E-state index contributed by atoms with van der Waals surface area (Å²) < 4.78 is 4.97. The van der Waals surface area contributed by atoms with E-state index in [1.807, 2.05) is 0 Å². The summed E-state index contributed by atoms with van der Waals surface area (Å²) >= 11 is 0. The highest BCUT2D eigenvalue weighted by Crippen LogP contribution is 2.54. The van der Waals surface area contributed by atoms with Crippen LogP contribution in [0.3, 0.4) is 0 Å². The average Bonchev–Trinajstić information content (AvgIpc) is 4.05. The van der Waals surface area contributed by atoms with Crippen LogP contribution in [0.15, 0.2) is 194 Å². The van der Waals surface area contributed by atoms with Crippen LogP contribution >= 0.6 is 0 Å². The molecule has 8 aromatic carbocycles. The third-order valence-corrected chi connectivity index (χ3v) is 13.3. The predicted molar refractivity (Wildman–Crippen MR) is 248 cm³/mol. The number of nitrogens with one attached hydrogen (secondary N) is 2. The van der Waals surface area contributed by atoms with Crippen molar-refractivity contribution >= 4 is 65.4 Å². The Labute approximate surface area is 347 Å². The molecular formula is C56H40N4. The number of aromatic nitrogens is 4. The van der Waals surface area contributed by atoms with Gasteiger partial charge in [0.05, 0.1) is 11.8 Å². The van der Waals surface area contributed by atoms with Crippen molar-refractivity contribution in [1.29, 1.82) is 0 Å². The van der Waals surface area contributed by atoms with Crippen LogP contribution in [0.25, 0.3) is 65.4 Å². The van der Waals surface area contributed by atoms with Gasteiger partial charge in [0.15, 0.2) is 0 Å². The number of rotatable bonds is 6. The third kappa shape index (κ3) is 4.91. The van der Waals surface area contributed by atoms with Gasteiger partial charge in [0.2, 0.25) is 0 Å². The molecular weight excluding hydrogens is 729 g/mol. The highest BCUT2D eigenvalue weighted by molar-refractivity contribution is 6.10. The van der Waals surface area contributed by atoms with Crippen LogP contribution in [0, 0.1) is 0 Å². The molecule has 284 valence electrons. The average molecular weight is 769 g/mol. The van der Waals surface area contributed by atoms with Crippen LogP contribution in [-0.4, -0.2) is 19.1 Å². The maximum atomic E-state index is 4.06. The van der Waals surface area contributed by atoms with Gasteiger partial charge in [-0.3, -0.25) is 0 Å². The first kappa shape index (κ1) is 33.4. The smallest absolute Gasteiger partial charge is 0.0518 e. The van der Waals surface area contributed by atoms with Crippen LogP contribution in [0.4, 0.5) is 0 Å². The first-order chi connectivity index (χ1) is 29.8. The normalized spacial score (nSPS) is 15.1. The first-order valence-electron chi connectivity index (χ1n) is 21.1. The Hall–Kier alpha value is -7.56. The van der Waals surface area contributed by atoms with Crippen molar-refractivity contribution in [2.45, 2.75) is 24.9 Å². The third-order valence-electron chi connectivity index (χ3n) is 13.3. The Morgan fingerprint density at radius 2 is 0.700 bits per heavy atom. The van der Waals surface area contributed by atoms with Gasteiger partial charge >= 0.3 is 0 Å². The van der Waals surface area contributed by atoms with Crippen molar-refractivity contribution in [3.05, 3.63) is 239 Å². The summed E-state index contributed by atoms with van der Waals surface area (Å²) in [5, 5.41) is 7.71. The summed E-state index contributed by atoms with van der Waals surface area (Å²) in [7, 11) is 0. The second-order valence-corrected chi connectivity index (χ2v) is 16.6. The van der Waals surface area contributed by atoms with Crippen molar-refractivity contribution in [2.24, 2.45) is 0 Å². The Bertz CT molecular complexity index is 3370. The molecule has 0 bridgehead atoms. The van der Waals surface area contributed by atoms with Gasteiger partial charge in [-0.15, -0.1) is 0 Å². The fourth-order valence-corrected chi connectivity index (χ4v) is 10.8. The van der Waals surface area contributed by atoms with E-state index in [2.05, 4.69) is 213 Å². The predicted octanol–water partition coefficient (Wildman–Crippen LogP) is 13.6. The molecule has 12 aromatic rings. The van der Waals surface area contributed by atoms with Gasteiger partial charge in [-0.1, -0.05) is 146 Å². The molecule has 2 N–H and O–H groups in total. The van der Waals surface area contributed by atoms with E-state index in [4.69, 9.17) is 0 Å². The molecule has 0 saturated carbocycles. The number of fused-ring (bicyclic) bond motifs is 12. The minimum Gasteiger partial charge on any atom is -0.357 e. The highest BCUT2D eigenvalue weighted by Gasteiger charge is 2.40. The van der Waals surface area contributed by atoms with Crippen LogP contribution in [0.1, 0.15) is 56.6 Å². The minimum absolute atomic E-state index is 0.00745. The molecule has 0 amide bonds. The Kier molecular flexibility index (Phi) is 7.23. The lowest BCUT2D eigenvalue weighted by Crippen LogP contribution is -2.19. The highest BCUT2D eigenvalue weighted by atomic mass is 15.0.